The molecule has 0 amide bonds. The summed E-state index contributed by atoms with van der Waals surface area (Å²) in [4.78, 5) is 8.41. The number of benzene rings is 1. The molecule has 0 aliphatic heterocycles. The van der Waals surface area contributed by atoms with Gasteiger partial charge >= 0.3 is 0 Å². The average molecular weight is 355 g/mol. The Morgan fingerprint density at radius 2 is 2.00 bits per heavy atom. The minimum Gasteiger partial charge on any atom is -0.439 e. The predicted octanol–water partition coefficient (Wildman–Crippen LogP) is 3.70. The van der Waals surface area contributed by atoms with E-state index in [0.717, 1.165) is 18.7 Å². The van der Waals surface area contributed by atoms with Crippen molar-refractivity contribution in [1.29, 1.82) is 0 Å². The third-order valence-electron chi connectivity index (χ3n) is 2.20. The molecular formula is C13H14IN3O. The van der Waals surface area contributed by atoms with Crippen LogP contribution in [0.3, 0.4) is 0 Å². The van der Waals surface area contributed by atoms with Crippen molar-refractivity contribution in [2.45, 2.75) is 13.3 Å². The van der Waals surface area contributed by atoms with E-state index < -0.39 is 0 Å². The second-order valence-corrected chi connectivity index (χ2v) is 4.95. The minimum absolute atomic E-state index is 0.546. The van der Waals surface area contributed by atoms with Crippen LogP contribution in [-0.2, 0) is 0 Å². The molecule has 0 saturated carbocycles. The molecule has 18 heavy (non-hydrogen) atoms. The molecule has 0 aliphatic carbocycles. The third-order valence-corrected chi connectivity index (χ3v) is 2.92. The van der Waals surface area contributed by atoms with Crippen molar-refractivity contribution in [1.82, 2.24) is 9.97 Å². The molecule has 0 aliphatic rings. The zero-order valence-corrected chi connectivity index (χ0v) is 12.2. The summed E-state index contributed by atoms with van der Waals surface area (Å²) in [5.74, 6) is 1.92. The van der Waals surface area contributed by atoms with Crippen molar-refractivity contribution in [2.75, 3.05) is 11.9 Å². The fraction of sp³-hybridized carbons (Fsp3) is 0.231. The summed E-state index contributed by atoms with van der Waals surface area (Å²) in [6.07, 6.45) is 2.72. The van der Waals surface area contributed by atoms with Crippen LogP contribution in [0.5, 0.6) is 11.6 Å². The predicted molar refractivity (Wildman–Crippen MR) is 80.0 cm³/mol. The van der Waals surface area contributed by atoms with Gasteiger partial charge in [-0.2, -0.15) is 4.98 Å². The van der Waals surface area contributed by atoms with Gasteiger partial charge in [-0.1, -0.05) is 6.92 Å². The van der Waals surface area contributed by atoms with Crippen LogP contribution in [-0.4, -0.2) is 16.5 Å². The van der Waals surface area contributed by atoms with E-state index in [0.29, 0.717) is 11.8 Å². The summed E-state index contributed by atoms with van der Waals surface area (Å²) in [6, 6.07) is 9.57. The smallest absolute Gasteiger partial charge is 0.225 e. The van der Waals surface area contributed by atoms with Crippen molar-refractivity contribution in [2.24, 2.45) is 0 Å². The summed E-state index contributed by atoms with van der Waals surface area (Å²) >= 11 is 2.26. The number of nitrogens with one attached hydrogen (secondary N) is 1. The van der Waals surface area contributed by atoms with Gasteiger partial charge in [-0.15, -0.1) is 0 Å². The maximum absolute atomic E-state index is 5.66. The first kappa shape index (κ1) is 13.1. The number of hydrogen-bond donors (Lipinski definition) is 1. The molecule has 5 heteroatoms. The fourth-order valence-electron chi connectivity index (χ4n) is 1.34. The number of ether oxygens (including phenoxy) is 1. The zero-order valence-electron chi connectivity index (χ0n) is 10.1. The number of aromatic nitrogens is 2. The van der Waals surface area contributed by atoms with Crippen LogP contribution in [0.15, 0.2) is 36.5 Å². The molecule has 1 heterocycles. The lowest BCUT2D eigenvalue weighted by Gasteiger charge is -2.07. The summed E-state index contributed by atoms with van der Waals surface area (Å²) in [5.41, 5.74) is 0. The van der Waals surface area contributed by atoms with Crippen molar-refractivity contribution in [3.8, 4) is 11.6 Å². The van der Waals surface area contributed by atoms with Gasteiger partial charge in [0.05, 0.1) is 0 Å². The highest BCUT2D eigenvalue weighted by atomic mass is 127. The van der Waals surface area contributed by atoms with E-state index in [1.807, 2.05) is 24.3 Å². The third kappa shape index (κ3) is 3.83. The summed E-state index contributed by atoms with van der Waals surface area (Å²) < 4.78 is 6.83. The average Bonchev–Trinajstić information content (AvgIpc) is 2.40. The molecule has 1 aromatic carbocycles. The van der Waals surface area contributed by atoms with E-state index in [2.05, 4.69) is 44.8 Å². The minimum atomic E-state index is 0.546. The Kier molecular flexibility index (Phi) is 4.74. The molecule has 2 rings (SSSR count). The lowest BCUT2D eigenvalue weighted by Crippen LogP contribution is -2.04. The van der Waals surface area contributed by atoms with E-state index in [1.54, 1.807) is 12.3 Å². The Bertz CT molecular complexity index is 502. The Hall–Kier alpha value is -1.37. The van der Waals surface area contributed by atoms with Crippen LogP contribution in [0, 0.1) is 3.57 Å². The molecule has 1 aromatic heterocycles. The normalized spacial score (nSPS) is 10.1. The van der Waals surface area contributed by atoms with Crippen LogP contribution >= 0.6 is 22.6 Å². The molecule has 94 valence electrons. The molecule has 4 nitrogen and oxygen atoms in total. The maximum Gasteiger partial charge on any atom is 0.225 e. The van der Waals surface area contributed by atoms with E-state index in [-0.39, 0.29) is 0 Å². The number of halogens is 1. The van der Waals surface area contributed by atoms with Gasteiger partial charge in [0.15, 0.2) is 0 Å². The lowest BCUT2D eigenvalue weighted by atomic mass is 10.3. The van der Waals surface area contributed by atoms with Gasteiger partial charge in [0, 0.05) is 22.4 Å². The standard InChI is InChI=1S/C13H14IN3O/c1-2-8-15-13-16-9-7-12(17-13)18-11-5-3-10(14)4-6-11/h3-7,9H,2,8H2,1H3,(H,15,16,17). The molecule has 0 atom stereocenters. The Balaban J connectivity index is 2.06. The molecule has 0 unspecified atom stereocenters. The number of nitrogens with zero attached hydrogens (tertiary/aromatic N) is 2. The molecule has 2 aromatic rings. The highest BCUT2D eigenvalue weighted by Crippen LogP contribution is 2.20. The quantitative estimate of drug-likeness (QED) is 0.831. The van der Waals surface area contributed by atoms with E-state index >= 15 is 0 Å². The molecule has 0 spiro atoms. The Labute approximate surface area is 120 Å². The van der Waals surface area contributed by atoms with Gasteiger partial charge in [-0.25, -0.2) is 4.98 Å². The molecular weight excluding hydrogens is 341 g/mol. The number of hydrogen-bond acceptors (Lipinski definition) is 4. The largest absolute Gasteiger partial charge is 0.439 e. The van der Waals surface area contributed by atoms with Gasteiger partial charge in [-0.05, 0) is 53.3 Å². The van der Waals surface area contributed by atoms with Gasteiger partial charge in [0.25, 0.3) is 0 Å². The van der Waals surface area contributed by atoms with Crippen LogP contribution in [0.2, 0.25) is 0 Å². The second kappa shape index (κ2) is 6.53. The molecule has 0 saturated heterocycles. The summed E-state index contributed by atoms with van der Waals surface area (Å²) in [6.45, 7) is 2.95. The van der Waals surface area contributed by atoms with Gasteiger partial charge in [0.1, 0.15) is 5.75 Å². The topological polar surface area (TPSA) is 47.0 Å². The maximum atomic E-state index is 5.66. The van der Waals surface area contributed by atoms with E-state index in [9.17, 15) is 0 Å². The van der Waals surface area contributed by atoms with E-state index in [4.69, 9.17) is 4.74 Å². The first-order chi connectivity index (χ1) is 8.78. The van der Waals surface area contributed by atoms with E-state index in [1.165, 1.54) is 3.57 Å². The Morgan fingerprint density at radius 1 is 1.22 bits per heavy atom. The highest BCUT2D eigenvalue weighted by Gasteiger charge is 2.01. The van der Waals surface area contributed by atoms with Gasteiger partial charge in [0.2, 0.25) is 11.8 Å². The second-order valence-electron chi connectivity index (χ2n) is 3.70. The van der Waals surface area contributed by atoms with Crippen molar-refractivity contribution in [3.63, 3.8) is 0 Å². The van der Waals surface area contributed by atoms with Crippen LogP contribution < -0.4 is 10.1 Å². The van der Waals surface area contributed by atoms with Crippen molar-refractivity contribution < 1.29 is 4.74 Å². The van der Waals surface area contributed by atoms with Gasteiger partial charge in [-0.3, -0.25) is 0 Å². The Morgan fingerprint density at radius 3 is 2.72 bits per heavy atom. The number of rotatable bonds is 5. The van der Waals surface area contributed by atoms with Crippen LogP contribution in [0.25, 0.3) is 0 Å². The number of anilines is 1. The van der Waals surface area contributed by atoms with Crippen LogP contribution in [0.4, 0.5) is 5.95 Å². The summed E-state index contributed by atoms with van der Waals surface area (Å²) in [5, 5.41) is 3.13. The van der Waals surface area contributed by atoms with Crippen LogP contribution in [0.1, 0.15) is 13.3 Å². The zero-order chi connectivity index (χ0) is 12.8. The molecule has 0 fully saturated rings. The SMILES string of the molecule is CCCNc1nccc(Oc2ccc(I)cc2)n1. The van der Waals surface area contributed by atoms with Crippen molar-refractivity contribution >= 4 is 28.5 Å². The molecule has 1 N–H and O–H groups in total. The first-order valence-electron chi connectivity index (χ1n) is 5.78. The molecule has 0 bridgehead atoms. The molecule has 0 radical (unpaired) electrons. The lowest BCUT2D eigenvalue weighted by molar-refractivity contribution is 0.462. The van der Waals surface area contributed by atoms with Gasteiger partial charge < -0.3 is 10.1 Å². The summed E-state index contributed by atoms with van der Waals surface area (Å²) in [7, 11) is 0. The first-order valence-corrected chi connectivity index (χ1v) is 6.86. The van der Waals surface area contributed by atoms with Crippen molar-refractivity contribution in [3.05, 3.63) is 40.1 Å². The fourth-order valence-corrected chi connectivity index (χ4v) is 1.70. The highest BCUT2D eigenvalue weighted by molar-refractivity contribution is 14.1. The monoisotopic (exact) mass is 355 g/mol.